The Morgan fingerprint density at radius 3 is 2.70 bits per heavy atom. The highest BCUT2D eigenvalue weighted by molar-refractivity contribution is 6.22. The third kappa shape index (κ3) is 2.42. The number of nitrogens with one attached hydrogen (secondary N) is 2. The van der Waals surface area contributed by atoms with Crippen molar-refractivity contribution in [2.45, 2.75) is 20.3 Å². The molecule has 0 radical (unpaired) electrons. The lowest BCUT2D eigenvalue weighted by molar-refractivity contribution is -0.114. The predicted octanol–water partition coefficient (Wildman–Crippen LogP) is 3.92. The highest BCUT2D eigenvalue weighted by Gasteiger charge is 2.23. The number of allylic oxidation sites excluding steroid dienone is 1. The van der Waals surface area contributed by atoms with Gasteiger partial charge in [-0.3, -0.25) is 4.79 Å². The molecule has 0 aliphatic carbocycles. The van der Waals surface area contributed by atoms with Gasteiger partial charge in [-0.15, -0.1) is 0 Å². The second-order valence-corrected chi connectivity index (χ2v) is 6.01. The number of H-pyrrole nitrogens is 2. The number of carbonyl (C=O) groups is 1. The summed E-state index contributed by atoms with van der Waals surface area (Å²) >= 11 is 0. The molecule has 2 N–H and O–H groups in total. The summed E-state index contributed by atoms with van der Waals surface area (Å²) in [7, 11) is 0. The largest absolute Gasteiger partial charge is 0.359 e. The molecule has 23 heavy (non-hydrogen) atoms. The lowest BCUT2D eigenvalue weighted by Crippen LogP contribution is -2.00. The zero-order valence-electron chi connectivity index (χ0n) is 13.1. The SMILES string of the molecule is Cc1cc(C)c(C=C2N=C(c3cc4ccccc4[nH]3)CC2=O)[nH]1. The molecule has 1 aliphatic rings. The number of ketones is 1. The Kier molecular flexibility index (Phi) is 3.05. The summed E-state index contributed by atoms with van der Waals surface area (Å²) in [5.74, 6) is 0.0605. The Morgan fingerprint density at radius 2 is 1.96 bits per heavy atom. The number of Topliss-reactive ketones (excluding diaryl/α,β-unsaturated/α-hetero) is 1. The Bertz CT molecular complexity index is 952. The molecule has 0 fully saturated rings. The molecule has 4 nitrogen and oxygen atoms in total. The molecule has 3 heterocycles. The lowest BCUT2D eigenvalue weighted by atomic mass is 10.1. The van der Waals surface area contributed by atoms with Crippen molar-refractivity contribution in [1.82, 2.24) is 9.97 Å². The third-order valence-electron chi connectivity index (χ3n) is 4.18. The van der Waals surface area contributed by atoms with Crippen LogP contribution in [0.3, 0.4) is 0 Å². The predicted molar refractivity (Wildman–Crippen MR) is 92.7 cm³/mol. The van der Waals surface area contributed by atoms with E-state index in [4.69, 9.17) is 0 Å². The van der Waals surface area contributed by atoms with Crippen LogP contribution in [-0.4, -0.2) is 21.5 Å². The van der Waals surface area contributed by atoms with Gasteiger partial charge in [-0.25, -0.2) is 4.99 Å². The second kappa shape index (κ2) is 5.09. The quantitative estimate of drug-likeness (QED) is 0.693. The molecule has 2 aromatic heterocycles. The Labute approximate surface area is 134 Å². The third-order valence-corrected chi connectivity index (χ3v) is 4.18. The summed E-state index contributed by atoms with van der Waals surface area (Å²) < 4.78 is 0. The summed E-state index contributed by atoms with van der Waals surface area (Å²) in [6.07, 6.45) is 2.19. The van der Waals surface area contributed by atoms with E-state index in [9.17, 15) is 4.79 Å². The number of aliphatic imine (C=N–C) groups is 1. The second-order valence-electron chi connectivity index (χ2n) is 6.01. The molecule has 0 spiro atoms. The van der Waals surface area contributed by atoms with E-state index >= 15 is 0 Å². The van der Waals surface area contributed by atoms with Crippen molar-refractivity contribution in [2.24, 2.45) is 4.99 Å². The van der Waals surface area contributed by atoms with Crippen LogP contribution in [-0.2, 0) is 4.79 Å². The van der Waals surface area contributed by atoms with Crippen LogP contribution in [0.15, 0.2) is 47.1 Å². The molecule has 0 bridgehead atoms. The zero-order valence-corrected chi connectivity index (χ0v) is 13.1. The number of aromatic nitrogens is 2. The zero-order chi connectivity index (χ0) is 16.0. The van der Waals surface area contributed by atoms with E-state index in [1.165, 1.54) is 0 Å². The fourth-order valence-electron chi connectivity index (χ4n) is 3.02. The maximum atomic E-state index is 12.3. The van der Waals surface area contributed by atoms with Gasteiger partial charge < -0.3 is 9.97 Å². The van der Waals surface area contributed by atoms with E-state index in [0.717, 1.165) is 39.3 Å². The molecule has 0 saturated heterocycles. The summed E-state index contributed by atoms with van der Waals surface area (Å²) in [5, 5.41) is 1.13. The molecule has 0 atom stereocenters. The molecular formula is C19H17N3O. The number of hydrogen-bond donors (Lipinski definition) is 2. The summed E-state index contributed by atoms with van der Waals surface area (Å²) in [6.45, 7) is 4.03. The Balaban J connectivity index is 1.73. The van der Waals surface area contributed by atoms with Crippen LogP contribution in [0.5, 0.6) is 0 Å². The summed E-state index contributed by atoms with van der Waals surface area (Å²) in [6, 6.07) is 12.2. The molecule has 4 rings (SSSR count). The number of hydrogen-bond acceptors (Lipinski definition) is 2. The van der Waals surface area contributed by atoms with Crippen molar-refractivity contribution in [2.75, 3.05) is 0 Å². The number of fused-ring (bicyclic) bond motifs is 1. The van der Waals surface area contributed by atoms with Crippen LogP contribution >= 0.6 is 0 Å². The van der Waals surface area contributed by atoms with Gasteiger partial charge in [0.05, 0.1) is 17.8 Å². The van der Waals surface area contributed by atoms with Crippen molar-refractivity contribution in [3.8, 4) is 0 Å². The van der Waals surface area contributed by atoms with Crippen LogP contribution in [0.4, 0.5) is 0 Å². The smallest absolute Gasteiger partial charge is 0.187 e. The molecule has 0 unspecified atom stereocenters. The van der Waals surface area contributed by atoms with Gasteiger partial charge >= 0.3 is 0 Å². The number of nitrogens with zero attached hydrogens (tertiary/aromatic N) is 1. The highest BCUT2D eigenvalue weighted by Crippen LogP contribution is 2.24. The molecule has 0 saturated carbocycles. The van der Waals surface area contributed by atoms with E-state index in [1.807, 2.05) is 38.1 Å². The highest BCUT2D eigenvalue weighted by atomic mass is 16.1. The number of carbonyl (C=O) groups excluding carboxylic acids is 1. The van der Waals surface area contributed by atoms with E-state index in [-0.39, 0.29) is 5.78 Å². The average molecular weight is 303 g/mol. The molecule has 4 heteroatoms. The van der Waals surface area contributed by atoms with E-state index < -0.39 is 0 Å². The van der Waals surface area contributed by atoms with Gasteiger partial charge in [0.15, 0.2) is 5.78 Å². The van der Waals surface area contributed by atoms with Gasteiger partial charge in [0.25, 0.3) is 0 Å². The fourth-order valence-corrected chi connectivity index (χ4v) is 3.02. The Morgan fingerprint density at radius 1 is 1.13 bits per heavy atom. The van der Waals surface area contributed by atoms with Crippen LogP contribution in [0.1, 0.15) is 29.1 Å². The number of para-hydroxylation sites is 1. The van der Waals surface area contributed by atoms with Crippen molar-refractivity contribution >= 4 is 28.5 Å². The number of aromatic amines is 2. The Hall–Kier alpha value is -2.88. The number of aryl methyl sites for hydroxylation is 2. The monoisotopic (exact) mass is 303 g/mol. The summed E-state index contributed by atoms with van der Waals surface area (Å²) in [5.41, 5.74) is 6.46. The summed E-state index contributed by atoms with van der Waals surface area (Å²) in [4.78, 5) is 23.4. The minimum Gasteiger partial charge on any atom is -0.359 e. The van der Waals surface area contributed by atoms with E-state index in [1.54, 1.807) is 0 Å². The minimum atomic E-state index is 0.0605. The van der Waals surface area contributed by atoms with Gasteiger partial charge in [0.2, 0.25) is 0 Å². The average Bonchev–Trinajstić information content (AvgIpc) is 3.18. The van der Waals surface area contributed by atoms with Gasteiger partial charge in [0.1, 0.15) is 5.70 Å². The van der Waals surface area contributed by atoms with Crippen molar-refractivity contribution < 1.29 is 4.79 Å². The first-order valence-corrected chi connectivity index (χ1v) is 7.67. The van der Waals surface area contributed by atoms with Gasteiger partial charge in [0, 0.05) is 22.3 Å². The number of rotatable bonds is 2. The van der Waals surface area contributed by atoms with Crippen LogP contribution in [0.2, 0.25) is 0 Å². The maximum absolute atomic E-state index is 12.3. The molecule has 114 valence electrons. The van der Waals surface area contributed by atoms with Crippen molar-refractivity contribution in [1.29, 1.82) is 0 Å². The minimum absolute atomic E-state index is 0.0605. The molecule has 3 aromatic rings. The fraction of sp³-hybridized carbons (Fsp3) is 0.158. The topological polar surface area (TPSA) is 61.0 Å². The molecule has 0 amide bonds. The first kappa shape index (κ1) is 13.8. The van der Waals surface area contributed by atoms with E-state index in [2.05, 4.69) is 33.2 Å². The van der Waals surface area contributed by atoms with Gasteiger partial charge in [-0.2, -0.15) is 0 Å². The van der Waals surface area contributed by atoms with Gasteiger partial charge in [-0.05, 0) is 43.7 Å². The first-order valence-electron chi connectivity index (χ1n) is 7.67. The van der Waals surface area contributed by atoms with Crippen LogP contribution < -0.4 is 0 Å². The van der Waals surface area contributed by atoms with Gasteiger partial charge in [-0.1, -0.05) is 18.2 Å². The standard InChI is InChI=1S/C19H17N3O/c1-11-7-12(2)20-15(11)9-18-19(23)10-17(22-18)16-8-13-5-3-4-6-14(13)21-16/h3-9,20-21H,10H2,1-2H3. The van der Waals surface area contributed by atoms with Crippen molar-refractivity contribution in [3.05, 3.63) is 64.7 Å². The molecular weight excluding hydrogens is 286 g/mol. The first-order chi connectivity index (χ1) is 11.1. The van der Waals surface area contributed by atoms with E-state index in [0.29, 0.717) is 12.1 Å². The van der Waals surface area contributed by atoms with Crippen LogP contribution in [0.25, 0.3) is 17.0 Å². The van der Waals surface area contributed by atoms with Crippen LogP contribution in [0, 0.1) is 13.8 Å². The number of benzene rings is 1. The lowest BCUT2D eigenvalue weighted by Gasteiger charge is -1.93. The van der Waals surface area contributed by atoms with Crippen molar-refractivity contribution in [3.63, 3.8) is 0 Å². The normalized spacial score (nSPS) is 16.5. The molecule has 1 aromatic carbocycles. The maximum Gasteiger partial charge on any atom is 0.187 e. The molecule has 1 aliphatic heterocycles.